The van der Waals surface area contributed by atoms with Crippen molar-refractivity contribution in [2.24, 2.45) is 5.92 Å². The minimum absolute atomic E-state index is 0.154. The van der Waals surface area contributed by atoms with Gasteiger partial charge in [-0.15, -0.1) is 0 Å². The largest absolute Gasteiger partial charge is 0.355 e. The SMILES string of the molecule is CCNC(=O)CNC(=O)[C@H](Cc1ccccc1)NC(=O)CNC(=O)CNC(=O)CCCCCN1C(=O)CC(C)C1=O. The van der Waals surface area contributed by atoms with E-state index in [9.17, 15) is 33.6 Å². The number of carbonyl (C=O) groups excluding carboxylic acids is 7. The Kier molecular flexibility index (Phi) is 14.0. The molecule has 1 unspecified atom stereocenters. The highest BCUT2D eigenvalue weighted by molar-refractivity contribution is 6.03. The monoisotopic (exact) mass is 572 g/mol. The van der Waals surface area contributed by atoms with Crippen LogP contribution in [0.25, 0.3) is 0 Å². The molecule has 1 saturated heterocycles. The number of amides is 7. The second-order valence-corrected chi connectivity index (χ2v) is 9.83. The normalized spacial score (nSPS) is 15.2. The first kappa shape index (κ1) is 32.9. The Morgan fingerprint density at radius 2 is 1.46 bits per heavy atom. The highest BCUT2D eigenvalue weighted by Gasteiger charge is 2.34. The van der Waals surface area contributed by atoms with Gasteiger partial charge in [-0.1, -0.05) is 43.7 Å². The Labute approximate surface area is 239 Å². The predicted molar refractivity (Wildman–Crippen MR) is 149 cm³/mol. The Balaban J connectivity index is 1.68. The fourth-order valence-corrected chi connectivity index (χ4v) is 4.18. The maximum atomic E-state index is 12.7. The lowest BCUT2D eigenvalue weighted by Crippen LogP contribution is -2.52. The number of unbranched alkanes of at least 4 members (excludes halogenated alkanes) is 2. The zero-order chi connectivity index (χ0) is 30.2. The summed E-state index contributed by atoms with van der Waals surface area (Å²) in [5.41, 5.74) is 0.797. The molecule has 5 N–H and O–H groups in total. The van der Waals surface area contributed by atoms with Crippen molar-refractivity contribution in [2.75, 3.05) is 32.7 Å². The van der Waals surface area contributed by atoms with Gasteiger partial charge in [-0.25, -0.2) is 0 Å². The molecule has 1 fully saturated rings. The summed E-state index contributed by atoms with van der Waals surface area (Å²) in [6.07, 6.45) is 2.38. The van der Waals surface area contributed by atoms with Crippen molar-refractivity contribution in [2.45, 2.75) is 58.4 Å². The summed E-state index contributed by atoms with van der Waals surface area (Å²) in [7, 11) is 0. The van der Waals surface area contributed by atoms with E-state index in [0.29, 0.717) is 32.4 Å². The summed E-state index contributed by atoms with van der Waals surface area (Å²) >= 11 is 0. The summed E-state index contributed by atoms with van der Waals surface area (Å²) in [5, 5.41) is 12.5. The molecule has 0 aromatic heterocycles. The van der Waals surface area contributed by atoms with Crippen LogP contribution in [0.4, 0.5) is 0 Å². The Bertz CT molecular complexity index is 1090. The van der Waals surface area contributed by atoms with Crippen molar-refractivity contribution >= 4 is 41.4 Å². The summed E-state index contributed by atoms with van der Waals surface area (Å²) in [6, 6.07) is 8.06. The van der Waals surface area contributed by atoms with E-state index in [-0.39, 0.29) is 61.9 Å². The van der Waals surface area contributed by atoms with Gasteiger partial charge >= 0.3 is 0 Å². The number of imide groups is 1. The first-order valence-electron chi connectivity index (χ1n) is 13.9. The first-order valence-corrected chi connectivity index (χ1v) is 13.9. The number of hydrogen-bond acceptors (Lipinski definition) is 7. The molecule has 1 aliphatic heterocycles. The number of nitrogens with zero attached hydrogens (tertiary/aromatic N) is 1. The number of likely N-dealkylation sites (tertiary alicyclic amines) is 1. The van der Waals surface area contributed by atoms with Gasteiger partial charge in [0, 0.05) is 38.3 Å². The van der Waals surface area contributed by atoms with Crippen molar-refractivity contribution in [3.8, 4) is 0 Å². The molecular formula is C28H40N6O7. The first-order chi connectivity index (χ1) is 19.6. The molecule has 13 heteroatoms. The molecule has 0 aliphatic carbocycles. The van der Waals surface area contributed by atoms with Crippen molar-refractivity contribution in [1.82, 2.24) is 31.5 Å². The minimum Gasteiger partial charge on any atom is -0.355 e. The van der Waals surface area contributed by atoms with Crippen LogP contribution in [0.2, 0.25) is 0 Å². The summed E-state index contributed by atoms with van der Waals surface area (Å²) in [6.45, 7) is 3.29. The van der Waals surface area contributed by atoms with E-state index in [1.54, 1.807) is 38.1 Å². The molecule has 0 saturated carbocycles. The third-order valence-corrected chi connectivity index (χ3v) is 6.38. The maximum absolute atomic E-state index is 12.7. The quantitative estimate of drug-likeness (QED) is 0.119. The maximum Gasteiger partial charge on any atom is 0.243 e. The lowest BCUT2D eigenvalue weighted by molar-refractivity contribution is -0.139. The van der Waals surface area contributed by atoms with E-state index < -0.39 is 30.3 Å². The Morgan fingerprint density at radius 3 is 2.12 bits per heavy atom. The molecule has 7 amide bonds. The average molecular weight is 573 g/mol. The van der Waals surface area contributed by atoms with Gasteiger partial charge in [0.2, 0.25) is 41.4 Å². The Hall–Kier alpha value is -4.29. The van der Waals surface area contributed by atoms with Gasteiger partial charge in [-0.2, -0.15) is 0 Å². The van der Waals surface area contributed by atoms with Gasteiger partial charge in [0.1, 0.15) is 6.04 Å². The van der Waals surface area contributed by atoms with Crippen LogP contribution in [0.1, 0.15) is 51.5 Å². The van der Waals surface area contributed by atoms with Crippen LogP contribution in [0.3, 0.4) is 0 Å². The van der Waals surface area contributed by atoms with Gasteiger partial charge in [0.05, 0.1) is 19.6 Å². The number of rotatable bonds is 17. The molecular weight excluding hydrogens is 532 g/mol. The van der Waals surface area contributed by atoms with Crippen LogP contribution >= 0.6 is 0 Å². The number of carbonyl (C=O) groups is 7. The van der Waals surface area contributed by atoms with Crippen LogP contribution in [-0.4, -0.2) is 85.0 Å². The molecule has 1 aliphatic rings. The third-order valence-electron chi connectivity index (χ3n) is 6.38. The Morgan fingerprint density at radius 1 is 0.829 bits per heavy atom. The topological polar surface area (TPSA) is 183 Å². The zero-order valence-corrected chi connectivity index (χ0v) is 23.6. The van der Waals surface area contributed by atoms with E-state index in [0.717, 1.165) is 5.56 Å². The molecule has 1 aromatic rings. The number of likely N-dealkylation sites (N-methyl/N-ethyl adjacent to an activating group) is 1. The van der Waals surface area contributed by atoms with Gasteiger partial charge in [0.15, 0.2) is 0 Å². The summed E-state index contributed by atoms with van der Waals surface area (Å²) in [4.78, 5) is 85.9. The number of benzene rings is 1. The van der Waals surface area contributed by atoms with E-state index >= 15 is 0 Å². The van der Waals surface area contributed by atoms with Crippen molar-refractivity contribution in [1.29, 1.82) is 0 Å². The number of nitrogens with one attached hydrogen (secondary N) is 5. The van der Waals surface area contributed by atoms with Crippen LogP contribution < -0.4 is 26.6 Å². The molecule has 224 valence electrons. The van der Waals surface area contributed by atoms with Crippen molar-refractivity contribution in [3.63, 3.8) is 0 Å². The molecule has 2 rings (SSSR count). The van der Waals surface area contributed by atoms with E-state index in [1.807, 2.05) is 6.07 Å². The lowest BCUT2D eigenvalue weighted by atomic mass is 10.1. The molecule has 0 bridgehead atoms. The van der Waals surface area contributed by atoms with Crippen LogP contribution in [-0.2, 0) is 40.0 Å². The molecule has 1 heterocycles. The number of hydrogen-bond donors (Lipinski definition) is 5. The van der Waals surface area contributed by atoms with Gasteiger partial charge in [0.25, 0.3) is 0 Å². The lowest BCUT2D eigenvalue weighted by Gasteiger charge is -2.19. The second kappa shape index (κ2) is 17.4. The van der Waals surface area contributed by atoms with Crippen LogP contribution in [0, 0.1) is 5.92 Å². The predicted octanol–water partition coefficient (Wildman–Crippen LogP) is -0.846. The fraction of sp³-hybridized carbons (Fsp3) is 0.536. The standard InChI is InChI=1S/C28H40N6O7/c1-3-29-23(36)17-32-27(40)21(15-20-10-6-4-7-11-20)33-25(38)18-31-24(37)16-30-22(35)12-8-5-9-13-34-26(39)14-19(2)28(34)41/h4,6-7,10-11,19,21H,3,5,8-9,12-18H2,1-2H3,(H,29,36)(H,30,35)(H,31,37)(H,32,40)(H,33,38)/t19?,21-/m0/s1. The van der Waals surface area contributed by atoms with Crippen LogP contribution in [0.5, 0.6) is 0 Å². The smallest absolute Gasteiger partial charge is 0.243 e. The fourth-order valence-electron chi connectivity index (χ4n) is 4.18. The van der Waals surface area contributed by atoms with Gasteiger partial charge in [-0.05, 0) is 25.3 Å². The summed E-state index contributed by atoms with van der Waals surface area (Å²) < 4.78 is 0. The van der Waals surface area contributed by atoms with Gasteiger partial charge < -0.3 is 26.6 Å². The second-order valence-electron chi connectivity index (χ2n) is 9.83. The molecule has 0 spiro atoms. The molecule has 41 heavy (non-hydrogen) atoms. The van der Waals surface area contributed by atoms with E-state index in [4.69, 9.17) is 0 Å². The van der Waals surface area contributed by atoms with E-state index in [2.05, 4.69) is 26.6 Å². The zero-order valence-electron chi connectivity index (χ0n) is 23.6. The molecule has 1 aromatic carbocycles. The third kappa shape index (κ3) is 12.2. The van der Waals surface area contributed by atoms with Gasteiger partial charge in [-0.3, -0.25) is 38.5 Å². The summed E-state index contributed by atoms with van der Waals surface area (Å²) in [5.74, 6) is -3.00. The average Bonchev–Trinajstić information content (AvgIpc) is 3.19. The molecule has 13 nitrogen and oxygen atoms in total. The minimum atomic E-state index is -0.971. The van der Waals surface area contributed by atoms with Crippen molar-refractivity contribution < 1.29 is 33.6 Å². The van der Waals surface area contributed by atoms with Crippen molar-refractivity contribution in [3.05, 3.63) is 35.9 Å². The molecule has 2 atom stereocenters. The van der Waals surface area contributed by atoms with Crippen LogP contribution in [0.15, 0.2) is 30.3 Å². The van der Waals surface area contributed by atoms with E-state index in [1.165, 1.54) is 4.90 Å². The molecule has 0 radical (unpaired) electrons. The highest BCUT2D eigenvalue weighted by Crippen LogP contribution is 2.19. The highest BCUT2D eigenvalue weighted by atomic mass is 16.2.